The Bertz CT molecular complexity index is 319. The lowest BCUT2D eigenvalue weighted by atomic mass is 9.86. The van der Waals surface area contributed by atoms with E-state index in [0.717, 1.165) is 23.9 Å². The zero-order chi connectivity index (χ0) is 11.4. The summed E-state index contributed by atoms with van der Waals surface area (Å²) in [4.78, 5) is 8.37. The van der Waals surface area contributed by atoms with Crippen molar-refractivity contribution in [3.05, 3.63) is 16.9 Å². The highest BCUT2D eigenvalue weighted by atomic mass is 79.9. The molecule has 0 aromatic carbocycles. The van der Waals surface area contributed by atoms with Gasteiger partial charge in [-0.1, -0.05) is 0 Å². The van der Waals surface area contributed by atoms with Crippen LogP contribution in [0.1, 0.15) is 25.7 Å². The summed E-state index contributed by atoms with van der Waals surface area (Å²) in [5.41, 5.74) is 5.87. The molecule has 88 valence electrons. The summed E-state index contributed by atoms with van der Waals surface area (Å²) in [5.74, 6) is 1.42. The van der Waals surface area contributed by atoms with Crippen molar-refractivity contribution in [1.29, 1.82) is 0 Å². The summed E-state index contributed by atoms with van der Waals surface area (Å²) in [6.07, 6.45) is 8.23. The van der Waals surface area contributed by atoms with Crippen LogP contribution in [0.15, 0.2) is 16.9 Å². The Morgan fingerprint density at radius 3 is 2.50 bits per heavy atom. The van der Waals surface area contributed by atoms with Gasteiger partial charge >= 0.3 is 0 Å². The van der Waals surface area contributed by atoms with Crippen molar-refractivity contribution in [3.63, 3.8) is 0 Å². The third kappa shape index (κ3) is 3.42. The Morgan fingerprint density at radius 1 is 1.25 bits per heavy atom. The molecule has 0 radical (unpaired) electrons. The molecule has 1 aromatic heterocycles. The molecule has 0 atom stereocenters. The highest BCUT2D eigenvalue weighted by Gasteiger charge is 2.18. The summed E-state index contributed by atoms with van der Waals surface area (Å²) in [7, 11) is 0. The van der Waals surface area contributed by atoms with Crippen LogP contribution in [-0.4, -0.2) is 22.6 Å². The molecule has 3 N–H and O–H groups in total. The third-order valence-electron chi connectivity index (χ3n) is 3.06. The largest absolute Gasteiger partial charge is 0.354 e. The Kier molecular flexibility index (Phi) is 4.12. The van der Waals surface area contributed by atoms with Gasteiger partial charge in [0.15, 0.2) is 0 Å². The molecule has 16 heavy (non-hydrogen) atoms. The molecule has 1 aliphatic carbocycles. The highest BCUT2D eigenvalue weighted by molar-refractivity contribution is 9.10. The van der Waals surface area contributed by atoms with E-state index in [-0.39, 0.29) is 0 Å². The summed E-state index contributed by atoms with van der Waals surface area (Å²) >= 11 is 3.31. The number of halogens is 1. The second kappa shape index (κ2) is 5.59. The van der Waals surface area contributed by atoms with Crippen LogP contribution in [0, 0.1) is 5.92 Å². The zero-order valence-corrected chi connectivity index (χ0v) is 10.8. The molecule has 1 heterocycles. The Balaban J connectivity index is 1.77. The summed E-state index contributed by atoms with van der Waals surface area (Å²) < 4.78 is 0.904. The minimum absolute atomic E-state index is 0.417. The smallest absolute Gasteiger partial charge is 0.222 e. The molecule has 4 nitrogen and oxygen atoms in total. The van der Waals surface area contributed by atoms with Crippen LogP contribution in [-0.2, 0) is 0 Å². The highest BCUT2D eigenvalue weighted by Crippen LogP contribution is 2.23. The number of hydrogen-bond acceptors (Lipinski definition) is 4. The van der Waals surface area contributed by atoms with Gasteiger partial charge in [-0.3, -0.25) is 0 Å². The van der Waals surface area contributed by atoms with Crippen molar-refractivity contribution >= 4 is 21.9 Å². The molecule has 5 heteroatoms. The van der Waals surface area contributed by atoms with Crippen LogP contribution < -0.4 is 11.1 Å². The van der Waals surface area contributed by atoms with Gasteiger partial charge in [-0.2, -0.15) is 0 Å². The first kappa shape index (κ1) is 11.8. The van der Waals surface area contributed by atoms with Crippen molar-refractivity contribution in [2.45, 2.75) is 31.7 Å². The Labute approximate surface area is 104 Å². The molecule has 0 unspecified atom stereocenters. The van der Waals surface area contributed by atoms with Crippen LogP contribution in [0.4, 0.5) is 5.95 Å². The van der Waals surface area contributed by atoms with E-state index in [1.54, 1.807) is 12.4 Å². The van der Waals surface area contributed by atoms with Gasteiger partial charge in [-0.05, 0) is 47.5 Å². The topological polar surface area (TPSA) is 63.8 Å². The van der Waals surface area contributed by atoms with E-state index in [2.05, 4.69) is 31.2 Å². The van der Waals surface area contributed by atoms with Crippen molar-refractivity contribution in [1.82, 2.24) is 9.97 Å². The molecule has 0 aliphatic heterocycles. The standard InChI is InChI=1S/C11H17BrN4/c12-9-6-15-11(16-7-9)14-5-8-1-3-10(13)4-2-8/h6-8,10H,1-5,13H2,(H,14,15,16). The van der Waals surface area contributed by atoms with Gasteiger partial charge < -0.3 is 11.1 Å². The maximum atomic E-state index is 5.87. The van der Waals surface area contributed by atoms with Crippen LogP contribution in [0.3, 0.4) is 0 Å². The molecule has 0 spiro atoms. The van der Waals surface area contributed by atoms with E-state index in [9.17, 15) is 0 Å². The molecular weight excluding hydrogens is 268 g/mol. The van der Waals surface area contributed by atoms with Gasteiger partial charge in [0, 0.05) is 25.0 Å². The summed E-state index contributed by atoms with van der Waals surface area (Å²) in [5, 5.41) is 3.27. The quantitative estimate of drug-likeness (QED) is 0.893. The van der Waals surface area contributed by atoms with Crippen LogP contribution in [0.5, 0.6) is 0 Å². The molecular formula is C11H17BrN4. The SMILES string of the molecule is NC1CCC(CNc2ncc(Br)cn2)CC1. The first-order valence-electron chi connectivity index (χ1n) is 5.71. The number of nitrogens with two attached hydrogens (primary N) is 1. The van der Waals surface area contributed by atoms with Gasteiger partial charge in [-0.15, -0.1) is 0 Å². The maximum Gasteiger partial charge on any atom is 0.222 e. The Morgan fingerprint density at radius 2 is 1.88 bits per heavy atom. The second-order valence-electron chi connectivity index (χ2n) is 4.39. The molecule has 0 bridgehead atoms. The van der Waals surface area contributed by atoms with E-state index in [0.29, 0.717) is 17.9 Å². The lowest BCUT2D eigenvalue weighted by Gasteiger charge is -2.26. The first-order valence-corrected chi connectivity index (χ1v) is 6.50. The summed E-state index contributed by atoms with van der Waals surface area (Å²) in [6.45, 7) is 0.953. The molecule has 1 saturated carbocycles. The predicted octanol–water partition coefficient (Wildman–Crippen LogP) is 2.17. The van der Waals surface area contributed by atoms with E-state index < -0.39 is 0 Å². The zero-order valence-electron chi connectivity index (χ0n) is 9.19. The van der Waals surface area contributed by atoms with Gasteiger partial charge in [0.25, 0.3) is 0 Å². The second-order valence-corrected chi connectivity index (χ2v) is 5.30. The molecule has 1 aliphatic rings. The van der Waals surface area contributed by atoms with E-state index in [1.807, 2.05) is 0 Å². The molecule has 2 rings (SSSR count). The fraction of sp³-hybridized carbons (Fsp3) is 0.636. The maximum absolute atomic E-state index is 5.87. The third-order valence-corrected chi connectivity index (χ3v) is 3.47. The fourth-order valence-corrected chi connectivity index (χ4v) is 2.24. The van der Waals surface area contributed by atoms with Gasteiger partial charge in [0.1, 0.15) is 0 Å². The normalized spacial score (nSPS) is 25.4. The molecule has 0 amide bonds. The summed E-state index contributed by atoms with van der Waals surface area (Å²) in [6, 6.07) is 0.417. The lowest BCUT2D eigenvalue weighted by Crippen LogP contribution is -2.29. The minimum atomic E-state index is 0.417. The average Bonchev–Trinajstić information content (AvgIpc) is 2.30. The van der Waals surface area contributed by atoms with E-state index in [1.165, 1.54) is 12.8 Å². The van der Waals surface area contributed by atoms with Crippen LogP contribution in [0.25, 0.3) is 0 Å². The van der Waals surface area contributed by atoms with Crippen LogP contribution in [0.2, 0.25) is 0 Å². The fourth-order valence-electron chi connectivity index (χ4n) is 2.03. The first-order chi connectivity index (χ1) is 7.74. The van der Waals surface area contributed by atoms with Crippen molar-refractivity contribution in [2.75, 3.05) is 11.9 Å². The van der Waals surface area contributed by atoms with Crippen molar-refractivity contribution < 1.29 is 0 Å². The van der Waals surface area contributed by atoms with E-state index >= 15 is 0 Å². The van der Waals surface area contributed by atoms with Gasteiger partial charge in [0.05, 0.1) is 4.47 Å². The monoisotopic (exact) mass is 284 g/mol. The number of rotatable bonds is 3. The number of anilines is 1. The van der Waals surface area contributed by atoms with Gasteiger partial charge in [-0.25, -0.2) is 9.97 Å². The lowest BCUT2D eigenvalue weighted by molar-refractivity contribution is 0.338. The number of nitrogens with zero attached hydrogens (tertiary/aromatic N) is 2. The number of hydrogen-bond donors (Lipinski definition) is 2. The Hall–Kier alpha value is -0.680. The number of nitrogens with one attached hydrogen (secondary N) is 1. The molecule has 1 aromatic rings. The average molecular weight is 285 g/mol. The number of aromatic nitrogens is 2. The van der Waals surface area contributed by atoms with Gasteiger partial charge in [0.2, 0.25) is 5.95 Å². The predicted molar refractivity (Wildman–Crippen MR) is 68.2 cm³/mol. The molecule has 0 saturated heterocycles. The minimum Gasteiger partial charge on any atom is -0.354 e. The van der Waals surface area contributed by atoms with Crippen molar-refractivity contribution in [3.8, 4) is 0 Å². The molecule has 1 fully saturated rings. The van der Waals surface area contributed by atoms with Crippen molar-refractivity contribution in [2.24, 2.45) is 11.7 Å². The van der Waals surface area contributed by atoms with E-state index in [4.69, 9.17) is 5.73 Å². The van der Waals surface area contributed by atoms with Crippen LogP contribution >= 0.6 is 15.9 Å².